The molecular formula is C14H20N6. The molecule has 0 bridgehead atoms. The normalized spacial score (nSPS) is 22.7. The molecule has 106 valence electrons. The molecule has 6 nitrogen and oxygen atoms in total. The molecule has 20 heavy (non-hydrogen) atoms. The summed E-state index contributed by atoms with van der Waals surface area (Å²) >= 11 is 0. The molecule has 0 aliphatic heterocycles. The highest BCUT2D eigenvalue weighted by molar-refractivity contribution is 5.51. The van der Waals surface area contributed by atoms with Crippen molar-refractivity contribution in [3.05, 3.63) is 30.1 Å². The van der Waals surface area contributed by atoms with Crippen LogP contribution in [0.2, 0.25) is 0 Å². The van der Waals surface area contributed by atoms with E-state index in [0.29, 0.717) is 12.1 Å². The fraction of sp³-hybridized carbons (Fsp3) is 0.500. The zero-order chi connectivity index (χ0) is 13.9. The van der Waals surface area contributed by atoms with Crippen LogP contribution in [-0.2, 0) is 0 Å². The molecule has 0 saturated heterocycles. The maximum Gasteiger partial charge on any atom is 0.153 e. The number of tetrazole rings is 1. The largest absolute Gasteiger partial charge is 0.382 e. The summed E-state index contributed by atoms with van der Waals surface area (Å²) in [6, 6.07) is 8.95. The van der Waals surface area contributed by atoms with Crippen LogP contribution in [0.5, 0.6) is 0 Å². The number of hydrogen-bond acceptors (Lipinski definition) is 5. The quantitative estimate of drug-likeness (QED) is 0.888. The van der Waals surface area contributed by atoms with Gasteiger partial charge in [0, 0.05) is 17.8 Å². The smallest absolute Gasteiger partial charge is 0.153 e. The Labute approximate surface area is 118 Å². The first kappa shape index (κ1) is 13.1. The van der Waals surface area contributed by atoms with Gasteiger partial charge in [0.05, 0.1) is 5.69 Å². The van der Waals surface area contributed by atoms with Crippen LogP contribution in [0, 0.1) is 6.92 Å². The van der Waals surface area contributed by atoms with Crippen molar-refractivity contribution in [2.45, 2.75) is 44.7 Å². The molecule has 0 spiro atoms. The van der Waals surface area contributed by atoms with Gasteiger partial charge in [0.1, 0.15) is 0 Å². The van der Waals surface area contributed by atoms with Crippen LogP contribution >= 0.6 is 0 Å². The van der Waals surface area contributed by atoms with Crippen LogP contribution in [0.4, 0.5) is 5.69 Å². The van der Waals surface area contributed by atoms with Crippen LogP contribution < -0.4 is 11.1 Å². The predicted octanol–water partition coefficient (Wildman–Crippen LogP) is 1.65. The highest BCUT2D eigenvalue weighted by atomic mass is 15.5. The number of aromatic nitrogens is 4. The third-order valence-electron chi connectivity index (χ3n) is 3.80. The Morgan fingerprint density at radius 2 is 2.25 bits per heavy atom. The number of rotatable bonds is 3. The number of nitrogens with one attached hydrogen (secondary N) is 1. The van der Waals surface area contributed by atoms with Crippen LogP contribution in [0.3, 0.4) is 0 Å². The maximum atomic E-state index is 6.04. The molecule has 1 aromatic carbocycles. The Morgan fingerprint density at radius 3 is 3.00 bits per heavy atom. The van der Waals surface area contributed by atoms with Crippen molar-refractivity contribution in [1.29, 1.82) is 0 Å². The summed E-state index contributed by atoms with van der Waals surface area (Å²) in [6.07, 6.45) is 4.56. The zero-order valence-corrected chi connectivity index (χ0v) is 11.7. The van der Waals surface area contributed by atoms with E-state index < -0.39 is 0 Å². The second-order valence-electron chi connectivity index (χ2n) is 5.46. The maximum absolute atomic E-state index is 6.04. The van der Waals surface area contributed by atoms with E-state index in [1.165, 1.54) is 12.8 Å². The highest BCUT2D eigenvalue weighted by Crippen LogP contribution is 2.22. The molecule has 6 heteroatoms. The van der Waals surface area contributed by atoms with E-state index >= 15 is 0 Å². The lowest BCUT2D eigenvalue weighted by Crippen LogP contribution is -2.34. The molecular weight excluding hydrogens is 252 g/mol. The third-order valence-corrected chi connectivity index (χ3v) is 3.80. The Hall–Kier alpha value is -1.95. The van der Waals surface area contributed by atoms with E-state index in [1.54, 1.807) is 4.68 Å². The molecule has 0 radical (unpaired) electrons. The molecule has 3 N–H and O–H groups in total. The second-order valence-corrected chi connectivity index (χ2v) is 5.46. The van der Waals surface area contributed by atoms with Crippen molar-refractivity contribution < 1.29 is 0 Å². The lowest BCUT2D eigenvalue weighted by Gasteiger charge is -2.28. The molecule has 0 amide bonds. The Morgan fingerprint density at radius 1 is 1.35 bits per heavy atom. The third kappa shape index (κ3) is 2.80. The van der Waals surface area contributed by atoms with Gasteiger partial charge in [-0.1, -0.05) is 6.07 Å². The van der Waals surface area contributed by atoms with Crippen molar-refractivity contribution in [2.75, 3.05) is 5.32 Å². The van der Waals surface area contributed by atoms with E-state index in [1.807, 2.05) is 19.1 Å². The van der Waals surface area contributed by atoms with E-state index in [0.717, 1.165) is 30.0 Å². The van der Waals surface area contributed by atoms with Crippen molar-refractivity contribution in [2.24, 2.45) is 5.73 Å². The summed E-state index contributed by atoms with van der Waals surface area (Å²) < 4.78 is 1.73. The van der Waals surface area contributed by atoms with Crippen LogP contribution in [-0.4, -0.2) is 32.3 Å². The monoisotopic (exact) mass is 272 g/mol. The molecule has 2 aromatic rings. The SMILES string of the molecule is Cc1nnnn1-c1cccc(NC2CCCC(N)C2)c1. The van der Waals surface area contributed by atoms with Gasteiger partial charge in [0.15, 0.2) is 5.82 Å². The number of anilines is 1. The second kappa shape index (κ2) is 5.58. The van der Waals surface area contributed by atoms with E-state index in [2.05, 4.69) is 33.0 Å². The molecule has 1 saturated carbocycles. The van der Waals surface area contributed by atoms with Gasteiger partial charge in [-0.3, -0.25) is 0 Å². The van der Waals surface area contributed by atoms with Gasteiger partial charge in [-0.25, -0.2) is 0 Å². The minimum atomic E-state index is 0.325. The van der Waals surface area contributed by atoms with Gasteiger partial charge in [-0.15, -0.1) is 5.10 Å². The number of nitrogens with zero attached hydrogens (tertiary/aromatic N) is 4. The van der Waals surface area contributed by atoms with Crippen LogP contribution in [0.1, 0.15) is 31.5 Å². The number of benzene rings is 1. The van der Waals surface area contributed by atoms with Crippen molar-refractivity contribution in [3.8, 4) is 5.69 Å². The fourth-order valence-electron chi connectivity index (χ4n) is 2.79. The summed E-state index contributed by atoms with van der Waals surface area (Å²) in [5, 5.41) is 15.2. The van der Waals surface area contributed by atoms with Gasteiger partial charge in [-0.2, -0.15) is 4.68 Å². The summed E-state index contributed by atoms with van der Waals surface area (Å²) in [6.45, 7) is 1.89. The summed E-state index contributed by atoms with van der Waals surface area (Å²) in [7, 11) is 0. The summed E-state index contributed by atoms with van der Waals surface area (Å²) in [5.74, 6) is 0.779. The molecule has 1 aromatic heterocycles. The van der Waals surface area contributed by atoms with E-state index in [9.17, 15) is 0 Å². The fourth-order valence-corrected chi connectivity index (χ4v) is 2.79. The molecule has 1 fully saturated rings. The average molecular weight is 272 g/mol. The van der Waals surface area contributed by atoms with Crippen molar-refractivity contribution in [1.82, 2.24) is 20.2 Å². The minimum absolute atomic E-state index is 0.325. The average Bonchev–Trinajstić information content (AvgIpc) is 2.85. The number of aryl methyl sites for hydroxylation is 1. The number of hydrogen-bond donors (Lipinski definition) is 2. The number of nitrogens with two attached hydrogens (primary N) is 1. The molecule has 2 atom stereocenters. The zero-order valence-electron chi connectivity index (χ0n) is 11.7. The molecule has 1 aliphatic rings. The first-order valence-electron chi connectivity index (χ1n) is 7.10. The topological polar surface area (TPSA) is 81.7 Å². The first-order chi connectivity index (χ1) is 9.72. The Balaban J connectivity index is 1.76. The summed E-state index contributed by atoms with van der Waals surface area (Å²) in [5.41, 5.74) is 8.10. The Bertz CT molecular complexity index is 579. The molecule has 3 rings (SSSR count). The predicted molar refractivity (Wildman–Crippen MR) is 77.7 cm³/mol. The molecule has 1 heterocycles. The standard InChI is InChI=1S/C14H20N6/c1-10-17-18-19-20(10)14-7-3-6-13(9-14)16-12-5-2-4-11(15)8-12/h3,6-7,9,11-12,16H,2,4-5,8,15H2,1H3. The lowest BCUT2D eigenvalue weighted by atomic mass is 9.91. The summed E-state index contributed by atoms with van der Waals surface area (Å²) in [4.78, 5) is 0. The van der Waals surface area contributed by atoms with Crippen LogP contribution in [0.15, 0.2) is 24.3 Å². The van der Waals surface area contributed by atoms with E-state index in [-0.39, 0.29) is 0 Å². The minimum Gasteiger partial charge on any atom is -0.382 e. The molecule has 1 aliphatic carbocycles. The van der Waals surface area contributed by atoms with E-state index in [4.69, 9.17) is 5.73 Å². The first-order valence-corrected chi connectivity index (χ1v) is 7.10. The molecule has 2 unspecified atom stereocenters. The van der Waals surface area contributed by atoms with Gasteiger partial charge < -0.3 is 11.1 Å². The van der Waals surface area contributed by atoms with Gasteiger partial charge in [0.25, 0.3) is 0 Å². The van der Waals surface area contributed by atoms with Gasteiger partial charge in [0.2, 0.25) is 0 Å². The van der Waals surface area contributed by atoms with Gasteiger partial charge >= 0.3 is 0 Å². The van der Waals surface area contributed by atoms with Crippen LogP contribution in [0.25, 0.3) is 5.69 Å². The Kier molecular flexibility index (Phi) is 3.64. The van der Waals surface area contributed by atoms with Crippen molar-refractivity contribution >= 4 is 5.69 Å². The van der Waals surface area contributed by atoms with Gasteiger partial charge in [-0.05, 0) is 61.2 Å². The lowest BCUT2D eigenvalue weighted by molar-refractivity contribution is 0.409. The highest BCUT2D eigenvalue weighted by Gasteiger charge is 2.19. The van der Waals surface area contributed by atoms with Crippen molar-refractivity contribution in [3.63, 3.8) is 0 Å².